The van der Waals surface area contributed by atoms with Crippen molar-refractivity contribution in [3.05, 3.63) is 0 Å². The van der Waals surface area contributed by atoms with Crippen molar-refractivity contribution in [2.45, 2.75) is 33.1 Å². The molecule has 3 nitrogen and oxygen atoms in total. The molecule has 0 aliphatic heterocycles. The second-order valence-electron chi connectivity index (χ2n) is 3.29. The monoisotopic (exact) mass is 187 g/mol. The van der Waals surface area contributed by atoms with Crippen molar-refractivity contribution in [1.29, 1.82) is 0 Å². The summed E-state index contributed by atoms with van der Waals surface area (Å²) in [4.78, 5) is 13.3. The van der Waals surface area contributed by atoms with Crippen molar-refractivity contribution in [2.75, 3.05) is 26.2 Å². The minimum atomic E-state index is 0.138. The Hall–Kier alpha value is -0.410. The van der Waals surface area contributed by atoms with Crippen LogP contribution in [0.25, 0.3) is 0 Å². The summed E-state index contributed by atoms with van der Waals surface area (Å²) in [6, 6.07) is 0. The van der Waals surface area contributed by atoms with E-state index in [1.54, 1.807) is 0 Å². The quantitative estimate of drug-likeness (QED) is 0.617. The molecule has 0 aliphatic rings. The number of rotatable bonds is 8. The summed E-state index contributed by atoms with van der Waals surface area (Å²) in [5.74, 6) is 0.282. The van der Waals surface area contributed by atoms with Crippen LogP contribution >= 0.6 is 0 Å². The van der Waals surface area contributed by atoms with Gasteiger partial charge < -0.3 is 5.11 Å². The molecule has 0 saturated carbocycles. The Balaban J connectivity index is 3.71. The van der Waals surface area contributed by atoms with Gasteiger partial charge in [0.05, 0.1) is 13.2 Å². The Kier molecular flexibility index (Phi) is 7.94. The highest BCUT2D eigenvalue weighted by Crippen LogP contribution is 1.95. The van der Waals surface area contributed by atoms with Gasteiger partial charge in [-0.05, 0) is 19.4 Å². The fourth-order valence-corrected chi connectivity index (χ4v) is 1.33. The first-order valence-electron chi connectivity index (χ1n) is 5.09. The zero-order valence-electron chi connectivity index (χ0n) is 8.75. The largest absolute Gasteiger partial charge is 0.395 e. The Morgan fingerprint density at radius 2 is 1.92 bits per heavy atom. The number of aliphatic hydroxyl groups is 1. The van der Waals surface area contributed by atoms with Gasteiger partial charge in [0.1, 0.15) is 5.78 Å². The van der Waals surface area contributed by atoms with Crippen LogP contribution in [0.3, 0.4) is 0 Å². The number of carbonyl (C=O) groups is 1. The molecule has 0 heterocycles. The first-order valence-corrected chi connectivity index (χ1v) is 5.09. The Bertz CT molecular complexity index is 131. The maximum atomic E-state index is 11.3. The lowest BCUT2D eigenvalue weighted by Crippen LogP contribution is -2.32. The van der Waals surface area contributed by atoms with E-state index >= 15 is 0 Å². The number of Topliss-reactive ketones (excluding diaryl/α,β-unsaturated/α-hetero) is 1. The van der Waals surface area contributed by atoms with Gasteiger partial charge in [0.15, 0.2) is 0 Å². The molecule has 0 aromatic rings. The van der Waals surface area contributed by atoms with Crippen LogP contribution in [-0.4, -0.2) is 42.0 Å². The highest BCUT2D eigenvalue weighted by molar-refractivity contribution is 5.80. The molecule has 0 aliphatic carbocycles. The summed E-state index contributed by atoms with van der Waals surface area (Å²) in [7, 11) is 0. The molecular formula is C10H21NO2. The van der Waals surface area contributed by atoms with E-state index in [4.69, 9.17) is 5.11 Å². The molecule has 1 N–H and O–H groups in total. The zero-order chi connectivity index (χ0) is 10.1. The molecule has 0 amide bonds. The summed E-state index contributed by atoms with van der Waals surface area (Å²) in [6.45, 7) is 6.24. The van der Waals surface area contributed by atoms with Crippen molar-refractivity contribution >= 4 is 5.78 Å². The maximum absolute atomic E-state index is 11.3. The molecular weight excluding hydrogens is 166 g/mol. The van der Waals surface area contributed by atoms with E-state index in [1.807, 2.05) is 11.8 Å². The molecule has 0 rings (SSSR count). The molecule has 0 fully saturated rings. The lowest BCUT2D eigenvalue weighted by molar-refractivity contribution is -0.120. The van der Waals surface area contributed by atoms with E-state index in [9.17, 15) is 4.79 Å². The third-order valence-electron chi connectivity index (χ3n) is 1.88. The lowest BCUT2D eigenvalue weighted by Gasteiger charge is -2.19. The van der Waals surface area contributed by atoms with Gasteiger partial charge in [-0.2, -0.15) is 0 Å². The van der Waals surface area contributed by atoms with Crippen LogP contribution in [0, 0.1) is 0 Å². The molecule has 0 saturated heterocycles. The predicted octanol–water partition coefficient (Wildman–Crippen LogP) is 1.06. The number of aliphatic hydroxyl groups excluding tert-OH is 1. The smallest absolute Gasteiger partial charge is 0.146 e. The van der Waals surface area contributed by atoms with Crippen molar-refractivity contribution in [3.63, 3.8) is 0 Å². The number of hydrogen-bond donors (Lipinski definition) is 1. The number of carbonyl (C=O) groups excluding carboxylic acids is 1. The zero-order valence-corrected chi connectivity index (χ0v) is 8.75. The topological polar surface area (TPSA) is 40.5 Å². The highest BCUT2D eigenvalue weighted by atomic mass is 16.3. The molecule has 78 valence electrons. The van der Waals surface area contributed by atoms with Gasteiger partial charge in [-0.1, -0.05) is 13.8 Å². The first kappa shape index (κ1) is 12.6. The fourth-order valence-electron chi connectivity index (χ4n) is 1.33. The Morgan fingerprint density at radius 1 is 1.23 bits per heavy atom. The second-order valence-corrected chi connectivity index (χ2v) is 3.29. The molecule has 0 spiro atoms. The normalized spacial score (nSPS) is 10.8. The van der Waals surface area contributed by atoms with Crippen LogP contribution in [0.5, 0.6) is 0 Å². The summed E-state index contributed by atoms with van der Waals surface area (Å²) in [6.07, 6.45) is 2.60. The fraction of sp³-hybridized carbons (Fsp3) is 0.900. The molecule has 0 bridgehead atoms. The molecule has 0 atom stereocenters. The Morgan fingerprint density at radius 3 is 2.38 bits per heavy atom. The molecule has 0 unspecified atom stereocenters. The number of ketones is 1. The van der Waals surface area contributed by atoms with Crippen LogP contribution < -0.4 is 0 Å². The third-order valence-corrected chi connectivity index (χ3v) is 1.88. The van der Waals surface area contributed by atoms with Gasteiger partial charge in [-0.15, -0.1) is 0 Å². The van der Waals surface area contributed by atoms with Gasteiger partial charge in [0.2, 0.25) is 0 Å². The number of hydrogen-bond acceptors (Lipinski definition) is 3. The summed E-state index contributed by atoms with van der Waals surface area (Å²) < 4.78 is 0. The van der Waals surface area contributed by atoms with E-state index in [0.717, 1.165) is 19.4 Å². The van der Waals surface area contributed by atoms with Gasteiger partial charge in [0.25, 0.3) is 0 Å². The van der Waals surface area contributed by atoms with Crippen molar-refractivity contribution in [1.82, 2.24) is 4.90 Å². The predicted molar refractivity (Wildman–Crippen MR) is 53.7 cm³/mol. The third kappa shape index (κ3) is 6.72. The molecule has 0 aromatic carbocycles. The molecule has 0 radical (unpaired) electrons. The van der Waals surface area contributed by atoms with Crippen molar-refractivity contribution in [2.24, 2.45) is 0 Å². The summed E-state index contributed by atoms with van der Waals surface area (Å²) in [5, 5.41) is 8.75. The van der Waals surface area contributed by atoms with Crippen LogP contribution in [0.15, 0.2) is 0 Å². The second kappa shape index (κ2) is 8.20. The van der Waals surface area contributed by atoms with Crippen LogP contribution in [0.2, 0.25) is 0 Å². The summed E-state index contributed by atoms with van der Waals surface area (Å²) >= 11 is 0. The first-order chi connectivity index (χ1) is 6.24. The van der Waals surface area contributed by atoms with Crippen LogP contribution in [-0.2, 0) is 4.79 Å². The minimum absolute atomic E-state index is 0.138. The van der Waals surface area contributed by atoms with E-state index in [0.29, 0.717) is 19.5 Å². The van der Waals surface area contributed by atoms with Gasteiger partial charge >= 0.3 is 0 Å². The van der Waals surface area contributed by atoms with Crippen LogP contribution in [0.1, 0.15) is 33.1 Å². The number of nitrogens with zero attached hydrogens (tertiary/aromatic N) is 1. The minimum Gasteiger partial charge on any atom is -0.395 e. The van der Waals surface area contributed by atoms with E-state index in [-0.39, 0.29) is 12.4 Å². The average Bonchev–Trinajstić information content (AvgIpc) is 2.05. The molecule has 0 aromatic heterocycles. The van der Waals surface area contributed by atoms with Crippen LogP contribution in [0.4, 0.5) is 0 Å². The van der Waals surface area contributed by atoms with E-state index in [1.165, 1.54) is 0 Å². The maximum Gasteiger partial charge on any atom is 0.146 e. The van der Waals surface area contributed by atoms with Crippen molar-refractivity contribution in [3.8, 4) is 0 Å². The standard InChI is InChI=1S/C10H21NO2/c1-3-5-10(13)9-11(6-4-2)7-8-12/h12H,3-9H2,1-2H3. The summed E-state index contributed by atoms with van der Waals surface area (Å²) in [5.41, 5.74) is 0. The molecule has 13 heavy (non-hydrogen) atoms. The van der Waals surface area contributed by atoms with E-state index < -0.39 is 0 Å². The van der Waals surface area contributed by atoms with Crippen molar-refractivity contribution < 1.29 is 9.90 Å². The Labute approximate surface area is 80.7 Å². The van der Waals surface area contributed by atoms with Gasteiger partial charge in [-0.3, -0.25) is 9.69 Å². The highest BCUT2D eigenvalue weighted by Gasteiger charge is 2.07. The van der Waals surface area contributed by atoms with E-state index in [2.05, 4.69) is 6.92 Å². The average molecular weight is 187 g/mol. The van der Waals surface area contributed by atoms with Gasteiger partial charge in [-0.25, -0.2) is 0 Å². The SMILES string of the molecule is CCCC(=O)CN(CCC)CCO. The lowest BCUT2D eigenvalue weighted by atomic mass is 10.2. The molecule has 3 heteroatoms. The van der Waals surface area contributed by atoms with Gasteiger partial charge in [0, 0.05) is 13.0 Å².